The van der Waals surface area contributed by atoms with E-state index in [0.717, 1.165) is 30.3 Å². The number of hydrogen-bond donors (Lipinski definition) is 3. The van der Waals surface area contributed by atoms with E-state index in [1.807, 2.05) is 31.3 Å². The highest BCUT2D eigenvalue weighted by Crippen LogP contribution is 2.21. The van der Waals surface area contributed by atoms with Gasteiger partial charge < -0.3 is 20.3 Å². The van der Waals surface area contributed by atoms with Gasteiger partial charge in [0.05, 0.1) is 17.7 Å². The fraction of sp³-hybridized carbons (Fsp3) is 0.444. The molecule has 0 radical (unpaired) electrons. The van der Waals surface area contributed by atoms with Crippen molar-refractivity contribution in [1.29, 1.82) is 0 Å². The number of fused-ring (bicyclic) bond motifs is 1. The van der Waals surface area contributed by atoms with Crippen molar-refractivity contribution in [3.63, 3.8) is 0 Å². The van der Waals surface area contributed by atoms with E-state index in [4.69, 9.17) is 0 Å². The summed E-state index contributed by atoms with van der Waals surface area (Å²) < 4.78 is 2.07. The number of nitrogens with zero attached hydrogens (tertiary/aromatic N) is 1. The minimum atomic E-state index is -0.707. The van der Waals surface area contributed by atoms with Gasteiger partial charge in [-0.2, -0.15) is 0 Å². The smallest absolute Gasteiger partial charge is 0.313 e. The number of hydrogen-bond acceptors (Lipinski definition) is 3. The topological polar surface area (TPSA) is 83.4 Å². The molecule has 6 nitrogen and oxygen atoms in total. The summed E-state index contributed by atoms with van der Waals surface area (Å²) in [6, 6.07) is 7.24. The number of benzene rings is 1. The molecule has 1 saturated carbocycles. The molecule has 128 valence electrons. The van der Waals surface area contributed by atoms with Gasteiger partial charge in [-0.25, -0.2) is 0 Å². The van der Waals surface area contributed by atoms with E-state index >= 15 is 0 Å². The lowest BCUT2D eigenvalue weighted by molar-refractivity contribution is -0.137. The number of aliphatic hydroxyl groups is 1. The second-order valence-corrected chi connectivity index (χ2v) is 6.26. The van der Waals surface area contributed by atoms with Gasteiger partial charge in [0.1, 0.15) is 0 Å². The van der Waals surface area contributed by atoms with Gasteiger partial charge >= 0.3 is 11.8 Å². The first-order valence-electron chi connectivity index (χ1n) is 8.47. The van der Waals surface area contributed by atoms with Gasteiger partial charge in [0, 0.05) is 18.4 Å². The normalized spacial score (nSPS) is 20.8. The van der Waals surface area contributed by atoms with Crippen LogP contribution in [0.3, 0.4) is 0 Å². The average Bonchev–Trinajstić information content (AvgIpc) is 2.99. The third kappa shape index (κ3) is 3.43. The molecule has 1 fully saturated rings. The van der Waals surface area contributed by atoms with Crippen LogP contribution in [-0.4, -0.2) is 33.6 Å². The summed E-state index contributed by atoms with van der Waals surface area (Å²) >= 11 is 0. The van der Waals surface area contributed by atoms with Crippen molar-refractivity contribution >= 4 is 28.4 Å². The molecule has 3 N–H and O–H groups in total. The van der Waals surface area contributed by atoms with Crippen LogP contribution in [0.25, 0.3) is 10.9 Å². The summed E-state index contributed by atoms with van der Waals surface area (Å²) in [5, 5.41) is 16.3. The van der Waals surface area contributed by atoms with Crippen molar-refractivity contribution < 1.29 is 14.7 Å². The van der Waals surface area contributed by atoms with Crippen molar-refractivity contribution in [2.45, 2.75) is 51.3 Å². The number of aryl methyl sites for hydroxylation is 1. The Morgan fingerprint density at radius 1 is 1.21 bits per heavy atom. The van der Waals surface area contributed by atoms with Gasteiger partial charge in [-0.1, -0.05) is 18.9 Å². The molecule has 2 unspecified atom stereocenters. The summed E-state index contributed by atoms with van der Waals surface area (Å²) in [6.07, 6.45) is 4.70. The highest BCUT2D eigenvalue weighted by molar-refractivity contribution is 6.39. The Bertz CT molecular complexity index is 753. The number of carbonyl (C=O) groups excluding carboxylic acids is 2. The quantitative estimate of drug-likeness (QED) is 0.753. The molecule has 1 aromatic carbocycles. The summed E-state index contributed by atoms with van der Waals surface area (Å²) in [7, 11) is 0. The van der Waals surface area contributed by atoms with Crippen LogP contribution < -0.4 is 10.6 Å². The molecular formula is C18H23N3O3. The maximum Gasteiger partial charge on any atom is 0.313 e. The number of anilines is 1. The molecule has 1 aliphatic rings. The lowest BCUT2D eigenvalue weighted by Crippen LogP contribution is -2.48. The van der Waals surface area contributed by atoms with Gasteiger partial charge in [0.2, 0.25) is 0 Å². The van der Waals surface area contributed by atoms with E-state index in [1.165, 1.54) is 0 Å². The number of aliphatic hydroxyl groups excluding tert-OH is 1. The molecular weight excluding hydrogens is 306 g/mol. The van der Waals surface area contributed by atoms with Crippen LogP contribution in [0.15, 0.2) is 30.5 Å². The number of amides is 2. The van der Waals surface area contributed by atoms with E-state index in [2.05, 4.69) is 15.2 Å². The monoisotopic (exact) mass is 329 g/mol. The first kappa shape index (κ1) is 16.5. The Kier molecular flexibility index (Phi) is 4.85. The number of nitrogens with one attached hydrogen (secondary N) is 2. The lowest BCUT2D eigenvalue weighted by Gasteiger charge is -2.27. The Balaban J connectivity index is 1.66. The lowest BCUT2D eigenvalue weighted by atomic mass is 9.92. The highest BCUT2D eigenvalue weighted by Gasteiger charge is 2.26. The Labute approximate surface area is 140 Å². The van der Waals surface area contributed by atoms with Gasteiger partial charge in [0.15, 0.2) is 0 Å². The number of aromatic nitrogens is 1. The fourth-order valence-electron chi connectivity index (χ4n) is 3.24. The number of rotatable bonds is 3. The van der Waals surface area contributed by atoms with Crippen molar-refractivity contribution in [3.8, 4) is 0 Å². The Hall–Kier alpha value is -2.34. The molecule has 2 aromatic rings. The van der Waals surface area contributed by atoms with Crippen molar-refractivity contribution in [2.24, 2.45) is 0 Å². The molecule has 24 heavy (non-hydrogen) atoms. The predicted molar refractivity (Wildman–Crippen MR) is 92.6 cm³/mol. The van der Waals surface area contributed by atoms with Crippen LogP contribution in [0.1, 0.15) is 32.6 Å². The first-order chi connectivity index (χ1) is 11.6. The van der Waals surface area contributed by atoms with E-state index < -0.39 is 17.9 Å². The third-order valence-corrected chi connectivity index (χ3v) is 4.62. The fourth-order valence-corrected chi connectivity index (χ4v) is 3.24. The molecule has 0 spiro atoms. The van der Waals surface area contributed by atoms with Crippen molar-refractivity contribution in [1.82, 2.24) is 9.88 Å². The van der Waals surface area contributed by atoms with Crippen LogP contribution >= 0.6 is 0 Å². The molecule has 0 aliphatic heterocycles. The zero-order valence-corrected chi connectivity index (χ0v) is 13.8. The molecule has 0 saturated heterocycles. The molecule has 6 heteroatoms. The van der Waals surface area contributed by atoms with Gasteiger partial charge in [-0.3, -0.25) is 9.59 Å². The molecule has 1 aromatic heterocycles. The zero-order chi connectivity index (χ0) is 17.1. The zero-order valence-electron chi connectivity index (χ0n) is 13.8. The van der Waals surface area contributed by atoms with Gasteiger partial charge in [-0.15, -0.1) is 0 Å². The number of carbonyl (C=O) groups is 2. The standard InChI is InChI=1S/C18H23N3O3/c1-2-21-10-9-12-7-8-13(11-15(12)21)19-17(23)18(24)20-14-5-3-4-6-16(14)22/h7-11,14,16,22H,2-6H2,1H3,(H,19,23)(H,20,24). The molecule has 0 bridgehead atoms. The minimum Gasteiger partial charge on any atom is -0.391 e. The van der Waals surface area contributed by atoms with E-state index in [9.17, 15) is 14.7 Å². The van der Waals surface area contributed by atoms with Crippen LogP contribution in [0.4, 0.5) is 5.69 Å². The van der Waals surface area contributed by atoms with E-state index in [0.29, 0.717) is 18.5 Å². The van der Waals surface area contributed by atoms with Crippen LogP contribution in [-0.2, 0) is 16.1 Å². The summed E-state index contributed by atoms with van der Waals surface area (Å²) in [6.45, 7) is 2.88. The van der Waals surface area contributed by atoms with Crippen molar-refractivity contribution in [2.75, 3.05) is 5.32 Å². The average molecular weight is 329 g/mol. The SMILES string of the molecule is CCn1ccc2ccc(NC(=O)C(=O)NC3CCCCC3O)cc21. The summed E-state index contributed by atoms with van der Waals surface area (Å²) in [5.74, 6) is -1.41. The summed E-state index contributed by atoms with van der Waals surface area (Å²) in [5.41, 5.74) is 1.60. The second kappa shape index (κ2) is 7.05. The van der Waals surface area contributed by atoms with Gasteiger partial charge in [-0.05, 0) is 43.4 Å². The maximum atomic E-state index is 12.1. The molecule has 2 atom stereocenters. The maximum absolute atomic E-state index is 12.1. The minimum absolute atomic E-state index is 0.336. The molecule has 1 aliphatic carbocycles. The second-order valence-electron chi connectivity index (χ2n) is 6.26. The molecule has 2 amide bonds. The van der Waals surface area contributed by atoms with Gasteiger partial charge in [0.25, 0.3) is 0 Å². The Morgan fingerprint density at radius 2 is 2.00 bits per heavy atom. The third-order valence-electron chi connectivity index (χ3n) is 4.62. The van der Waals surface area contributed by atoms with E-state index in [-0.39, 0.29) is 6.04 Å². The van der Waals surface area contributed by atoms with Crippen LogP contribution in [0.5, 0.6) is 0 Å². The molecule has 1 heterocycles. The summed E-state index contributed by atoms with van der Waals surface area (Å²) in [4.78, 5) is 24.2. The van der Waals surface area contributed by atoms with Crippen molar-refractivity contribution in [3.05, 3.63) is 30.5 Å². The van der Waals surface area contributed by atoms with Crippen LogP contribution in [0, 0.1) is 0 Å². The van der Waals surface area contributed by atoms with Crippen LogP contribution in [0.2, 0.25) is 0 Å². The Morgan fingerprint density at radius 3 is 2.75 bits per heavy atom. The highest BCUT2D eigenvalue weighted by atomic mass is 16.3. The molecule has 3 rings (SSSR count). The first-order valence-corrected chi connectivity index (χ1v) is 8.47. The van der Waals surface area contributed by atoms with E-state index in [1.54, 1.807) is 6.07 Å². The largest absolute Gasteiger partial charge is 0.391 e. The predicted octanol–water partition coefficient (Wildman–Crippen LogP) is 2.02.